The van der Waals surface area contributed by atoms with Crippen molar-refractivity contribution in [1.82, 2.24) is 10.2 Å². The Morgan fingerprint density at radius 1 is 0.690 bits per heavy atom. The number of hydrogen-bond donors (Lipinski definition) is 1. The molecule has 2 saturated heterocycles. The van der Waals surface area contributed by atoms with Crippen LogP contribution < -0.4 is 5.32 Å². The highest BCUT2D eigenvalue weighted by Crippen LogP contribution is 2.52. The van der Waals surface area contributed by atoms with E-state index in [1.54, 1.807) is 26.2 Å². The zero-order valence-corrected chi connectivity index (χ0v) is 30.3. The molecule has 4 unspecified atom stereocenters. The maximum atomic E-state index is 13.4. The Morgan fingerprint density at radius 3 is 1.69 bits per heavy atom. The molecule has 0 aromatic rings. The number of nitrogens with one attached hydrogen (secondary N) is 1. The highest BCUT2D eigenvalue weighted by atomic mass is 19.1. The number of likely N-dealkylation sites (tertiary alicyclic amines) is 1. The predicted molar refractivity (Wildman–Crippen MR) is 185 cm³/mol. The fourth-order valence-electron chi connectivity index (χ4n) is 8.69. The molecular formula is C39H77FN2. The topological polar surface area (TPSA) is 15.3 Å². The van der Waals surface area contributed by atoms with Gasteiger partial charge in [0.2, 0.25) is 0 Å². The van der Waals surface area contributed by atoms with Crippen LogP contribution in [0.25, 0.3) is 0 Å². The number of rotatable bonds is 8. The third-order valence-electron chi connectivity index (χ3n) is 11.0. The van der Waals surface area contributed by atoms with Crippen LogP contribution in [0.15, 0.2) is 0 Å². The first-order chi connectivity index (χ1) is 19.8. The van der Waals surface area contributed by atoms with Crippen LogP contribution in [-0.2, 0) is 0 Å². The lowest BCUT2D eigenvalue weighted by atomic mass is 9.55. The number of halogens is 1. The van der Waals surface area contributed by atoms with Gasteiger partial charge in [-0.25, -0.2) is 4.39 Å². The van der Waals surface area contributed by atoms with Crippen LogP contribution in [-0.4, -0.2) is 42.8 Å². The standard InChI is InChI=1S/C11H21F.C11H20.C9H19N.C8H17N/c1-9(2)8-10-4-6-11(3,12)7-5-10;1-8(2)6-11-9-4-3-5-10(11)7-9;1-8(2)7-9-5-4-6-10(9)3;1-7(2)6-8-4-3-5-9-8/h9-10H,4-8H2,1-3H3;8-11H,3-7H2,1-2H3;8-9H,4-7H2,1-3H3;7-9H,3-6H2,1-2H3. The lowest BCUT2D eigenvalue weighted by Crippen LogP contribution is -2.41. The third-order valence-corrected chi connectivity index (χ3v) is 11.0. The number of alkyl halides is 1. The average Bonchev–Trinajstić information content (AvgIpc) is 3.56. The second-order valence-corrected chi connectivity index (χ2v) is 17.3. The van der Waals surface area contributed by atoms with Gasteiger partial charge in [-0.15, -0.1) is 0 Å². The van der Waals surface area contributed by atoms with E-state index in [1.807, 2.05) is 0 Å². The van der Waals surface area contributed by atoms with Gasteiger partial charge in [0.05, 0.1) is 0 Å². The molecule has 0 amide bonds. The van der Waals surface area contributed by atoms with Crippen LogP contribution in [0.5, 0.6) is 0 Å². The molecule has 2 bridgehead atoms. The summed E-state index contributed by atoms with van der Waals surface area (Å²) in [6, 6.07) is 1.73. The minimum Gasteiger partial charge on any atom is -0.314 e. The smallest absolute Gasteiger partial charge is 0.108 e. The predicted octanol–water partition coefficient (Wildman–Crippen LogP) is 11.3. The Labute approximate surface area is 264 Å². The van der Waals surface area contributed by atoms with Gasteiger partial charge in [0, 0.05) is 12.1 Å². The van der Waals surface area contributed by atoms with Crippen LogP contribution in [0.1, 0.15) is 165 Å². The molecule has 2 heterocycles. The Balaban J connectivity index is 0.000000197. The Bertz CT molecular complexity index is 656. The van der Waals surface area contributed by atoms with Crippen LogP contribution in [0.4, 0.5) is 4.39 Å². The summed E-state index contributed by atoms with van der Waals surface area (Å²) >= 11 is 0. The summed E-state index contributed by atoms with van der Waals surface area (Å²) in [6.45, 7) is 22.8. The summed E-state index contributed by atoms with van der Waals surface area (Å²) in [5.41, 5.74) is -0.854. The van der Waals surface area contributed by atoms with Gasteiger partial charge in [-0.2, -0.15) is 0 Å². The molecule has 2 nitrogen and oxygen atoms in total. The second kappa shape index (κ2) is 19.4. The summed E-state index contributed by atoms with van der Waals surface area (Å²) in [5, 5.41) is 3.49. The van der Waals surface area contributed by atoms with Gasteiger partial charge in [-0.3, -0.25) is 0 Å². The molecular weight excluding hydrogens is 515 g/mol. The monoisotopic (exact) mass is 593 g/mol. The van der Waals surface area contributed by atoms with Crippen molar-refractivity contribution < 1.29 is 4.39 Å². The van der Waals surface area contributed by atoms with Crippen molar-refractivity contribution >= 4 is 0 Å². The molecule has 0 aromatic heterocycles. The molecule has 3 heteroatoms. The van der Waals surface area contributed by atoms with E-state index in [2.05, 4.69) is 72.7 Å². The quantitative estimate of drug-likeness (QED) is 0.301. The number of nitrogens with zero attached hydrogens (tertiary/aromatic N) is 1. The van der Waals surface area contributed by atoms with E-state index in [4.69, 9.17) is 0 Å². The minimum absolute atomic E-state index is 0.777. The van der Waals surface area contributed by atoms with Gasteiger partial charge in [0.15, 0.2) is 0 Å². The van der Waals surface area contributed by atoms with Crippen molar-refractivity contribution in [2.75, 3.05) is 20.1 Å². The van der Waals surface area contributed by atoms with Crippen LogP contribution in [0.2, 0.25) is 0 Å². The molecule has 4 saturated carbocycles. The molecule has 6 aliphatic rings. The van der Waals surface area contributed by atoms with Crippen molar-refractivity contribution in [3.63, 3.8) is 0 Å². The molecule has 42 heavy (non-hydrogen) atoms. The summed E-state index contributed by atoms with van der Waals surface area (Å²) in [5.74, 6) is 7.68. The number of hydrogen-bond acceptors (Lipinski definition) is 2. The first-order valence-corrected chi connectivity index (χ1v) is 18.9. The lowest BCUT2D eigenvalue weighted by molar-refractivity contribution is 0.000195. The van der Waals surface area contributed by atoms with Gasteiger partial charge >= 0.3 is 0 Å². The van der Waals surface area contributed by atoms with E-state index in [-0.39, 0.29) is 0 Å². The van der Waals surface area contributed by atoms with Crippen molar-refractivity contribution in [3.8, 4) is 0 Å². The van der Waals surface area contributed by atoms with Crippen molar-refractivity contribution in [3.05, 3.63) is 0 Å². The normalized spacial score (nSPS) is 34.4. The molecule has 0 radical (unpaired) electrons. The Kier molecular flexibility index (Phi) is 17.6. The van der Waals surface area contributed by atoms with Gasteiger partial charge in [0.25, 0.3) is 0 Å². The molecule has 250 valence electrons. The van der Waals surface area contributed by atoms with E-state index in [0.29, 0.717) is 0 Å². The summed E-state index contributed by atoms with van der Waals surface area (Å²) < 4.78 is 13.4. The van der Waals surface area contributed by atoms with E-state index in [0.717, 1.165) is 85.1 Å². The molecule has 4 aliphatic carbocycles. The van der Waals surface area contributed by atoms with Gasteiger partial charge in [-0.05, 0) is 158 Å². The zero-order valence-electron chi connectivity index (χ0n) is 30.3. The van der Waals surface area contributed by atoms with E-state index < -0.39 is 5.67 Å². The van der Waals surface area contributed by atoms with Crippen molar-refractivity contribution in [2.45, 2.75) is 183 Å². The summed E-state index contributed by atoms with van der Waals surface area (Å²) in [6.07, 6.45) is 21.1. The van der Waals surface area contributed by atoms with Crippen LogP contribution in [0.3, 0.4) is 0 Å². The molecule has 1 N–H and O–H groups in total. The fraction of sp³-hybridized carbons (Fsp3) is 1.00. The van der Waals surface area contributed by atoms with Gasteiger partial charge < -0.3 is 10.2 Å². The minimum atomic E-state index is -0.854. The van der Waals surface area contributed by atoms with Gasteiger partial charge in [0.1, 0.15) is 5.67 Å². The molecule has 6 rings (SSSR count). The van der Waals surface area contributed by atoms with E-state index in [9.17, 15) is 4.39 Å². The molecule has 4 atom stereocenters. The zero-order chi connectivity index (χ0) is 31.3. The SMILES string of the molecule is CC(C)CC1C2CCCC1C2.CC(C)CC1CCC(C)(F)CC1.CC(C)CC1CCCN1.CC(C)CC1CCCN1C. The van der Waals surface area contributed by atoms with E-state index >= 15 is 0 Å². The Morgan fingerprint density at radius 2 is 1.26 bits per heavy atom. The summed E-state index contributed by atoms with van der Waals surface area (Å²) in [4.78, 5) is 2.50. The fourth-order valence-corrected chi connectivity index (χ4v) is 8.69. The van der Waals surface area contributed by atoms with Crippen LogP contribution in [0, 0.1) is 47.3 Å². The van der Waals surface area contributed by atoms with Gasteiger partial charge in [-0.1, -0.05) is 74.7 Å². The molecule has 6 fully saturated rings. The highest BCUT2D eigenvalue weighted by molar-refractivity contribution is 4.93. The number of fused-ring (bicyclic) bond motifs is 2. The highest BCUT2D eigenvalue weighted by Gasteiger charge is 2.43. The van der Waals surface area contributed by atoms with E-state index in [1.165, 1.54) is 70.9 Å². The first-order valence-electron chi connectivity index (χ1n) is 18.9. The van der Waals surface area contributed by atoms with Crippen molar-refractivity contribution in [2.24, 2.45) is 47.3 Å². The first kappa shape index (κ1) is 38.0. The third kappa shape index (κ3) is 15.2. The largest absolute Gasteiger partial charge is 0.314 e. The molecule has 0 aromatic carbocycles. The average molecular weight is 593 g/mol. The van der Waals surface area contributed by atoms with Crippen LogP contribution >= 0.6 is 0 Å². The summed E-state index contributed by atoms with van der Waals surface area (Å²) in [7, 11) is 2.25. The maximum Gasteiger partial charge on any atom is 0.108 e. The molecule has 2 aliphatic heterocycles. The maximum absolute atomic E-state index is 13.4. The molecule has 0 spiro atoms. The van der Waals surface area contributed by atoms with Crippen molar-refractivity contribution in [1.29, 1.82) is 0 Å². The Hall–Kier alpha value is -0.150. The lowest BCUT2D eigenvalue weighted by Gasteiger charge is -2.50. The second-order valence-electron chi connectivity index (χ2n) is 17.3.